The summed E-state index contributed by atoms with van der Waals surface area (Å²) < 4.78 is 4.98. The highest BCUT2D eigenvalue weighted by Gasteiger charge is 1.72. The van der Waals surface area contributed by atoms with E-state index in [1.807, 2.05) is 6.92 Å². The van der Waals surface area contributed by atoms with Crippen LogP contribution in [-0.4, -0.2) is 13.2 Å². The fourth-order valence-corrected chi connectivity index (χ4v) is 0.289. The van der Waals surface area contributed by atoms with Crippen LogP contribution in [0.3, 0.4) is 0 Å². The first kappa shape index (κ1) is 10.0. The number of rotatable bonds is 3. The predicted octanol–water partition coefficient (Wildman–Crippen LogP) is 2.07. The molecule has 1 nitrogen and oxygen atoms in total. The molecule has 0 spiro atoms. The summed E-state index contributed by atoms with van der Waals surface area (Å²) in [6, 6.07) is 0. The summed E-state index contributed by atoms with van der Waals surface area (Å²) in [5, 5.41) is 0. The van der Waals surface area contributed by atoms with Crippen molar-refractivity contribution in [3.05, 3.63) is 0 Å². The van der Waals surface area contributed by atoms with Crippen LogP contribution in [0.2, 0.25) is 0 Å². The van der Waals surface area contributed by atoms with Gasteiger partial charge in [0.2, 0.25) is 0 Å². The van der Waals surface area contributed by atoms with E-state index in [1.54, 1.807) is 0 Å². The Balaban J connectivity index is 0. The van der Waals surface area contributed by atoms with Crippen molar-refractivity contribution in [2.24, 2.45) is 0 Å². The topological polar surface area (TPSA) is 9.23 Å². The summed E-state index contributed by atoms with van der Waals surface area (Å²) in [5.74, 6) is 0. The van der Waals surface area contributed by atoms with Crippen molar-refractivity contribution in [1.29, 1.82) is 0 Å². The summed E-state index contributed by atoms with van der Waals surface area (Å²) in [7, 11) is 0. The Morgan fingerprint density at radius 2 is 1.86 bits per heavy atom. The highest BCUT2D eigenvalue weighted by Crippen LogP contribution is 1.75. The molecule has 46 valence electrons. The molecule has 0 aliphatic heterocycles. The Morgan fingerprint density at radius 1 is 1.29 bits per heavy atom. The second kappa shape index (κ2) is 9.35. The molecule has 0 aliphatic carbocycles. The molecule has 0 amide bonds. The van der Waals surface area contributed by atoms with Gasteiger partial charge in [-0.15, -0.1) is 0 Å². The van der Waals surface area contributed by atoms with Crippen molar-refractivity contribution in [1.82, 2.24) is 0 Å². The molecule has 0 heterocycles. The van der Waals surface area contributed by atoms with Crippen molar-refractivity contribution in [2.75, 3.05) is 13.2 Å². The first-order valence-corrected chi connectivity index (χ1v) is 2.49. The maximum atomic E-state index is 4.98. The summed E-state index contributed by atoms with van der Waals surface area (Å²) in [6.07, 6.45) is 1.13. The van der Waals surface area contributed by atoms with E-state index >= 15 is 0 Å². The monoisotopic (exact) mass is 104 g/mol. The Kier molecular flexibility index (Phi) is 13.4. The minimum atomic E-state index is 0. The lowest BCUT2D eigenvalue weighted by Gasteiger charge is -1.91. The third-order valence-electron chi connectivity index (χ3n) is 0.553. The molecule has 0 unspecified atom stereocenters. The average molecular weight is 104 g/mol. The van der Waals surface area contributed by atoms with Gasteiger partial charge < -0.3 is 4.74 Å². The minimum absolute atomic E-state index is 0. The first-order chi connectivity index (χ1) is 2.91. The number of hydrogen-bond donors (Lipinski definition) is 0. The van der Waals surface area contributed by atoms with Gasteiger partial charge in [-0.05, 0) is 13.3 Å². The largest absolute Gasteiger partial charge is 0.382 e. The first-order valence-electron chi connectivity index (χ1n) is 2.49. The van der Waals surface area contributed by atoms with E-state index in [1.165, 1.54) is 0 Å². The summed E-state index contributed by atoms with van der Waals surface area (Å²) in [4.78, 5) is 0. The lowest BCUT2D eigenvalue weighted by atomic mass is 10.5. The van der Waals surface area contributed by atoms with Crippen LogP contribution >= 0.6 is 0 Å². The maximum Gasteiger partial charge on any atom is 0.0463 e. The van der Waals surface area contributed by atoms with Crippen LogP contribution in [0.15, 0.2) is 0 Å². The fraction of sp³-hybridized carbons (Fsp3) is 1.00. The quantitative estimate of drug-likeness (QED) is 0.498. The molecule has 0 aromatic carbocycles. The molecule has 0 saturated carbocycles. The normalized spacial score (nSPS) is 7.71. The third kappa shape index (κ3) is 10.7. The van der Waals surface area contributed by atoms with Gasteiger partial charge in [0.15, 0.2) is 0 Å². The zero-order chi connectivity index (χ0) is 4.83. The summed E-state index contributed by atoms with van der Waals surface area (Å²) in [5.41, 5.74) is 0. The van der Waals surface area contributed by atoms with Crippen LogP contribution in [0.5, 0.6) is 0 Å². The summed E-state index contributed by atoms with van der Waals surface area (Å²) in [6.45, 7) is 5.88. The van der Waals surface area contributed by atoms with E-state index in [4.69, 9.17) is 4.74 Å². The Labute approximate surface area is 46.7 Å². The maximum absolute atomic E-state index is 4.98. The molecule has 0 fully saturated rings. The van der Waals surface area contributed by atoms with E-state index in [9.17, 15) is 0 Å². The SMILES string of the molecule is C.CCCOCC. The van der Waals surface area contributed by atoms with E-state index in [-0.39, 0.29) is 7.43 Å². The molecule has 1 heteroatoms. The molecule has 0 rings (SSSR count). The van der Waals surface area contributed by atoms with Crippen LogP contribution in [0.1, 0.15) is 27.7 Å². The zero-order valence-electron chi connectivity index (χ0n) is 4.53. The molecule has 0 aromatic heterocycles. The lowest BCUT2D eigenvalue weighted by molar-refractivity contribution is 0.148. The van der Waals surface area contributed by atoms with Crippen molar-refractivity contribution >= 4 is 0 Å². The van der Waals surface area contributed by atoms with E-state index in [2.05, 4.69) is 6.92 Å². The van der Waals surface area contributed by atoms with Gasteiger partial charge in [-0.25, -0.2) is 0 Å². The predicted molar refractivity (Wildman–Crippen MR) is 33.5 cm³/mol. The zero-order valence-corrected chi connectivity index (χ0v) is 4.53. The molecule has 0 saturated heterocycles. The Morgan fingerprint density at radius 3 is 2.00 bits per heavy atom. The smallest absolute Gasteiger partial charge is 0.0463 e. The van der Waals surface area contributed by atoms with Crippen molar-refractivity contribution < 1.29 is 4.74 Å². The molecular weight excluding hydrogens is 88.1 g/mol. The van der Waals surface area contributed by atoms with E-state index < -0.39 is 0 Å². The minimum Gasteiger partial charge on any atom is -0.382 e. The van der Waals surface area contributed by atoms with Gasteiger partial charge >= 0.3 is 0 Å². The molecular formula is C6H16O. The Hall–Kier alpha value is -0.0400. The molecule has 0 radical (unpaired) electrons. The van der Waals surface area contributed by atoms with Gasteiger partial charge in [0.05, 0.1) is 0 Å². The van der Waals surface area contributed by atoms with Crippen molar-refractivity contribution in [3.8, 4) is 0 Å². The van der Waals surface area contributed by atoms with Crippen LogP contribution < -0.4 is 0 Å². The van der Waals surface area contributed by atoms with E-state index in [0.717, 1.165) is 19.6 Å². The standard InChI is InChI=1S/C5H12O.CH4/c1-3-5-6-4-2;/h3-5H2,1-2H3;1H4. The van der Waals surface area contributed by atoms with Gasteiger partial charge in [-0.2, -0.15) is 0 Å². The van der Waals surface area contributed by atoms with Gasteiger partial charge in [0.1, 0.15) is 0 Å². The van der Waals surface area contributed by atoms with Gasteiger partial charge in [-0.3, -0.25) is 0 Å². The van der Waals surface area contributed by atoms with Gasteiger partial charge in [0, 0.05) is 13.2 Å². The second-order valence-corrected chi connectivity index (χ2v) is 1.20. The van der Waals surface area contributed by atoms with Crippen LogP contribution in [0, 0.1) is 0 Å². The number of hydrogen-bond acceptors (Lipinski definition) is 1. The van der Waals surface area contributed by atoms with Crippen molar-refractivity contribution in [3.63, 3.8) is 0 Å². The van der Waals surface area contributed by atoms with Gasteiger partial charge in [-0.1, -0.05) is 14.4 Å². The summed E-state index contributed by atoms with van der Waals surface area (Å²) >= 11 is 0. The molecule has 0 N–H and O–H groups in total. The highest BCUT2D eigenvalue weighted by molar-refractivity contribution is 4.19. The highest BCUT2D eigenvalue weighted by atomic mass is 16.5. The van der Waals surface area contributed by atoms with Crippen LogP contribution in [0.4, 0.5) is 0 Å². The molecule has 0 aromatic rings. The van der Waals surface area contributed by atoms with Crippen molar-refractivity contribution in [2.45, 2.75) is 27.7 Å². The fourth-order valence-electron chi connectivity index (χ4n) is 0.289. The second-order valence-electron chi connectivity index (χ2n) is 1.20. The van der Waals surface area contributed by atoms with Crippen LogP contribution in [0.25, 0.3) is 0 Å². The van der Waals surface area contributed by atoms with Crippen LogP contribution in [-0.2, 0) is 4.74 Å². The average Bonchev–Trinajstić information content (AvgIpc) is 1.61. The Bertz CT molecular complexity index is 16.1. The molecule has 7 heavy (non-hydrogen) atoms. The molecule has 0 aliphatic rings. The van der Waals surface area contributed by atoms with Gasteiger partial charge in [0.25, 0.3) is 0 Å². The molecule has 0 atom stereocenters. The third-order valence-corrected chi connectivity index (χ3v) is 0.553. The van der Waals surface area contributed by atoms with E-state index in [0.29, 0.717) is 0 Å². The lowest BCUT2D eigenvalue weighted by Crippen LogP contribution is -1.88. The number of ether oxygens (including phenoxy) is 1. The molecule has 0 bridgehead atoms.